The summed E-state index contributed by atoms with van der Waals surface area (Å²) in [5.74, 6) is 0.0345. The number of aldehydes is 1. The van der Waals surface area contributed by atoms with Gasteiger partial charge in [0.15, 0.2) is 6.29 Å². The molecule has 1 heterocycles. The van der Waals surface area contributed by atoms with Gasteiger partial charge in [0.05, 0.1) is 12.7 Å². The normalized spacial score (nSPS) is 11.2. The molecule has 0 atom stereocenters. The van der Waals surface area contributed by atoms with Gasteiger partial charge >= 0.3 is 6.18 Å². The van der Waals surface area contributed by atoms with Crippen LogP contribution in [0.4, 0.5) is 13.2 Å². The standard InChI is InChI=1S/C14H10F3NO2/c1-20-13-11(6-9(8-19)7-18-13)10-4-2-3-5-12(10)14(15,16)17/h2-8H,1H3. The van der Waals surface area contributed by atoms with E-state index in [0.29, 0.717) is 6.29 Å². The fraction of sp³-hybridized carbons (Fsp3) is 0.143. The molecule has 1 aromatic heterocycles. The molecule has 0 aliphatic heterocycles. The lowest BCUT2D eigenvalue weighted by Gasteiger charge is -2.14. The van der Waals surface area contributed by atoms with Gasteiger partial charge in [0.2, 0.25) is 5.88 Å². The number of halogens is 3. The van der Waals surface area contributed by atoms with Crippen molar-refractivity contribution in [2.24, 2.45) is 0 Å². The van der Waals surface area contributed by atoms with Crippen LogP contribution in [0, 0.1) is 0 Å². The van der Waals surface area contributed by atoms with Crippen LogP contribution in [0.3, 0.4) is 0 Å². The highest BCUT2D eigenvalue weighted by Gasteiger charge is 2.34. The van der Waals surface area contributed by atoms with Gasteiger partial charge in [0.1, 0.15) is 0 Å². The van der Waals surface area contributed by atoms with Crippen molar-refractivity contribution in [1.29, 1.82) is 0 Å². The van der Waals surface area contributed by atoms with Crippen LogP contribution in [0.15, 0.2) is 36.5 Å². The Morgan fingerprint density at radius 2 is 1.90 bits per heavy atom. The fourth-order valence-corrected chi connectivity index (χ4v) is 1.85. The second-order valence-electron chi connectivity index (χ2n) is 3.99. The summed E-state index contributed by atoms with van der Waals surface area (Å²) in [4.78, 5) is 14.6. The van der Waals surface area contributed by atoms with E-state index in [1.807, 2.05) is 0 Å². The van der Waals surface area contributed by atoms with Gasteiger partial charge in [0.25, 0.3) is 0 Å². The molecule has 3 nitrogen and oxygen atoms in total. The number of ether oxygens (including phenoxy) is 1. The number of methoxy groups -OCH3 is 1. The highest BCUT2D eigenvalue weighted by atomic mass is 19.4. The third kappa shape index (κ3) is 2.64. The molecular weight excluding hydrogens is 271 g/mol. The van der Waals surface area contributed by atoms with Gasteiger partial charge in [-0.2, -0.15) is 13.2 Å². The van der Waals surface area contributed by atoms with Gasteiger partial charge in [-0.1, -0.05) is 18.2 Å². The number of hydrogen-bond acceptors (Lipinski definition) is 3. The van der Waals surface area contributed by atoms with E-state index in [4.69, 9.17) is 4.74 Å². The molecule has 0 bridgehead atoms. The zero-order valence-corrected chi connectivity index (χ0v) is 10.4. The summed E-state index contributed by atoms with van der Waals surface area (Å²) in [6.45, 7) is 0. The maximum absolute atomic E-state index is 13.0. The minimum Gasteiger partial charge on any atom is -0.481 e. The molecule has 104 valence electrons. The minimum absolute atomic E-state index is 0.0345. The molecule has 0 radical (unpaired) electrons. The van der Waals surface area contributed by atoms with Crippen molar-refractivity contribution < 1.29 is 22.7 Å². The summed E-state index contributed by atoms with van der Waals surface area (Å²) in [5.41, 5.74) is -0.570. The van der Waals surface area contributed by atoms with Gasteiger partial charge in [-0.25, -0.2) is 4.98 Å². The van der Waals surface area contributed by atoms with E-state index < -0.39 is 11.7 Å². The number of nitrogens with zero attached hydrogens (tertiary/aromatic N) is 1. The Hall–Kier alpha value is -2.37. The highest BCUT2D eigenvalue weighted by molar-refractivity contribution is 5.81. The molecule has 0 fully saturated rings. The van der Waals surface area contributed by atoms with Gasteiger partial charge < -0.3 is 4.74 Å². The van der Waals surface area contributed by atoms with Gasteiger partial charge in [-0.3, -0.25) is 4.79 Å². The molecule has 0 aliphatic carbocycles. The lowest BCUT2D eigenvalue weighted by Crippen LogP contribution is -2.07. The fourth-order valence-electron chi connectivity index (χ4n) is 1.85. The Labute approximate surface area is 113 Å². The van der Waals surface area contributed by atoms with Crippen LogP contribution in [0.1, 0.15) is 15.9 Å². The first-order valence-electron chi connectivity index (χ1n) is 5.63. The Balaban J connectivity index is 2.71. The second-order valence-corrected chi connectivity index (χ2v) is 3.99. The van der Waals surface area contributed by atoms with Crippen molar-refractivity contribution in [3.05, 3.63) is 47.7 Å². The molecule has 6 heteroatoms. The third-order valence-electron chi connectivity index (χ3n) is 2.72. The van der Waals surface area contributed by atoms with E-state index in [1.54, 1.807) is 0 Å². The van der Waals surface area contributed by atoms with E-state index in [0.717, 1.165) is 6.07 Å². The number of carbonyl (C=O) groups is 1. The van der Waals surface area contributed by atoms with Crippen molar-refractivity contribution in [3.8, 4) is 17.0 Å². The first-order chi connectivity index (χ1) is 9.47. The van der Waals surface area contributed by atoms with E-state index in [-0.39, 0.29) is 22.6 Å². The molecule has 0 unspecified atom stereocenters. The molecule has 0 amide bonds. The molecule has 0 N–H and O–H groups in total. The van der Waals surface area contributed by atoms with Crippen LogP contribution in [0.2, 0.25) is 0 Å². The number of benzene rings is 1. The molecule has 0 spiro atoms. The topological polar surface area (TPSA) is 39.2 Å². The predicted octanol–water partition coefficient (Wildman–Crippen LogP) is 3.59. The number of carbonyl (C=O) groups excluding carboxylic acids is 1. The van der Waals surface area contributed by atoms with Gasteiger partial charge in [-0.15, -0.1) is 0 Å². The Kier molecular flexibility index (Phi) is 3.74. The first kappa shape index (κ1) is 14.0. The van der Waals surface area contributed by atoms with E-state index >= 15 is 0 Å². The molecule has 2 rings (SSSR count). The lowest BCUT2D eigenvalue weighted by atomic mass is 9.99. The average Bonchev–Trinajstić information content (AvgIpc) is 2.45. The van der Waals surface area contributed by atoms with Crippen LogP contribution < -0.4 is 4.74 Å². The first-order valence-corrected chi connectivity index (χ1v) is 5.63. The summed E-state index contributed by atoms with van der Waals surface area (Å²) in [5, 5.41) is 0. The number of aromatic nitrogens is 1. The zero-order chi connectivity index (χ0) is 14.8. The lowest BCUT2D eigenvalue weighted by molar-refractivity contribution is -0.137. The molecule has 0 saturated carbocycles. The average molecular weight is 281 g/mol. The largest absolute Gasteiger partial charge is 0.481 e. The van der Waals surface area contributed by atoms with Gasteiger partial charge in [0, 0.05) is 17.3 Å². The third-order valence-corrected chi connectivity index (χ3v) is 2.72. The minimum atomic E-state index is -4.50. The van der Waals surface area contributed by atoms with Crippen LogP contribution >= 0.6 is 0 Å². The van der Waals surface area contributed by atoms with Crippen molar-refractivity contribution in [1.82, 2.24) is 4.98 Å². The quantitative estimate of drug-likeness (QED) is 0.807. The zero-order valence-electron chi connectivity index (χ0n) is 10.4. The highest BCUT2D eigenvalue weighted by Crippen LogP contribution is 2.39. The van der Waals surface area contributed by atoms with Crippen molar-refractivity contribution >= 4 is 6.29 Å². The summed E-state index contributed by atoms with van der Waals surface area (Å²) in [6, 6.07) is 6.40. The van der Waals surface area contributed by atoms with Crippen molar-refractivity contribution in [3.63, 3.8) is 0 Å². The predicted molar refractivity (Wildman–Crippen MR) is 66.6 cm³/mol. The van der Waals surface area contributed by atoms with E-state index in [1.165, 1.54) is 37.6 Å². The van der Waals surface area contributed by atoms with Crippen LogP contribution in [0.25, 0.3) is 11.1 Å². The maximum Gasteiger partial charge on any atom is 0.417 e. The van der Waals surface area contributed by atoms with Crippen LogP contribution in [-0.2, 0) is 6.18 Å². The second kappa shape index (κ2) is 5.32. The molecule has 0 saturated heterocycles. The maximum atomic E-state index is 13.0. The number of rotatable bonds is 3. The Bertz CT molecular complexity index is 639. The molecule has 20 heavy (non-hydrogen) atoms. The molecule has 2 aromatic rings. The smallest absolute Gasteiger partial charge is 0.417 e. The van der Waals surface area contributed by atoms with Crippen LogP contribution in [-0.4, -0.2) is 18.4 Å². The van der Waals surface area contributed by atoms with E-state index in [9.17, 15) is 18.0 Å². The number of pyridine rings is 1. The van der Waals surface area contributed by atoms with Crippen molar-refractivity contribution in [2.45, 2.75) is 6.18 Å². The summed E-state index contributed by atoms with van der Waals surface area (Å²) in [6.07, 6.45) is -2.74. The SMILES string of the molecule is COc1ncc(C=O)cc1-c1ccccc1C(F)(F)F. The molecule has 0 aliphatic rings. The summed E-state index contributed by atoms with van der Waals surface area (Å²) in [7, 11) is 1.31. The number of hydrogen-bond donors (Lipinski definition) is 0. The van der Waals surface area contributed by atoms with Crippen LogP contribution in [0.5, 0.6) is 5.88 Å². The van der Waals surface area contributed by atoms with Crippen molar-refractivity contribution in [2.75, 3.05) is 7.11 Å². The molecular formula is C14H10F3NO2. The van der Waals surface area contributed by atoms with E-state index in [2.05, 4.69) is 4.98 Å². The monoisotopic (exact) mass is 281 g/mol. The summed E-state index contributed by atoms with van der Waals surface area (Å²) < 4.78 is 44.0. The van der Waals surface area contributed by atoms with Gasteiger partial charge in [-0.05, 0) is 17.7 Å². The molecule has 1 aromatic carbocycles. The Morgan fingerprint density at radius 1 is 1.20 bits per heavy atom. The summed E-state index contributed by atoms with van der Waals surface area (Å²) >= 11 is 0. The Morgan fingerprint density at radius 3 is 2.50 bits per heavy atom. The number of alkyl halides is 3.